The summed E-state index contributed by atoms with van der Waals surface area (Å²) in [5, 5.41) is 15.6. The van der Waals surface area contributed by atoms with Crippen LogP contribution in [0.25, 0.3) is 33.7 Å². The van der Waals surface area contributed by atoms with Crippen LogP contribution in [0.2, 0.25) is 0 Å². The minimum atomic E-state index is 0.124. The van der Waals surface area contributed by atoms with Gasteiger partial charge in [0.15, 0.2) is 5.58 Å². The van der Waals surface area contributed by atoms with Gasteiger partial charge >= 0.3 is 0 Å². The first-order chi connectivity index (χ1) is 18.2. The first-order valence-electron chi connectivity index (χ1n) is 13.2. The molecule has 2 heterocycles. The molecule has 0 unspecified atom stereocenters. The number of nitrogens with one attached hydrogen (secondary N) is 2. The number of piperazine rings is 1. The van der Waals surface area contributed by atoms with E-state index in [4.69, 9.17) is 19.2 Å². The molecule has 194 valence electrons. The van der Waals surface area contributed by atoms with Crippen molar-refractivity contribution in [2.45, 2.75) is 19.9 Å². The molecule has 0 radical (unpaired) electrons. The monoisotopic (exact) mass is 500 g/mol. The lowest BCUT2D eigenvalue weighted by molar-refractivity contribution is 0.213. The van der Waals surface area contributed by atoms with Crippen LogP contribution in [0, 0.1) is 6.92 Å². The van der Waals surface area contributed by atoms with Gasteiger partial charge < -0.3 is 29.8 Å². The molecule has 1 aliphatic heterocycles. The number of rotatable bonds is 11. The second kappa shape index (κ2) is 12.3. The standard InChI is InChI=1S/C30H36N4O3/c1-22-26(7-3-8-28(22)36-18-4-14-34-15-11-31-12-16-34)24-9-10-27-29(20-24)37-30(33-27)25-6-2-5-23(19-25)21-32-13-17-35/h2-3,5-10,19-20,31-32,35H,4,11-18,21H2,1H3. The highest BCUT2D eigenvalue weighted by Crippen LogP contribution is 2.33. The van der Waals surface area contributed by atoms with E-state index >= 15 is 0 Å². The van der Waals surface area contributed by atoms with E-state index in [-0.39, 0.29) is 6.61 Å². The number of ether oxygens (including phenoxy) is 1. The Kier molecular flexibility index (Phi) is 8.48. The summed E-state index contributed by atoms with van der Waals surface area (Å²) in [5.41, 5.74) is 7.01. The van der Waals surface area contributed by atoms with E-state index in [1.807, 2.05) is 18.2 Å². The van der Waals surface area contributed by atoms with Crippen molar-refractivity contribution in [1.29, 1.82) is 0 Å². The summed E-state index contributed by atoms with van der Waals surface area (Å²) < 4.78 is 12.4. The molecular formula is C30H36N4O3. The molecule has 1 fully saturated rings. The smallest absolute Gasteiger partial charge is 0.227 e. The van der Waals surface area contributed by atoms with E-state index in [1.54, 1.807) is 0 Å². The second-order valence-corrected chi connectivity index (χ2v) is 9.52. The average Bonchev–Trinajstić information content (AvgIpc) is 3.37. The number of hydrogen-bond donors (Lipinski definition) is 3. The van der Waals surface area contributed by atoms with E-state index in [0.717, 1.165) is 83.8 Å². The Morgan fingerprint density at radius 3 is 2.78 bits per heavy atom. The van der Waals surface area contributed by atoms with Crippen LogP contribution < -0.4 is 15.4 Å². The fourth-order valence-corrected chi connectivity index (χ4v) is 4.83. The van der Waals surface area contributed by atoms with Crippen LogP contribution in [0.4, 0.5) is 0 Å². The van der Waals surface area contributed by atoms with Crippen molar-refractivity contribution in [3.63, 3.8) is 0 Å². The molecule has 0 amide bonds. The molecule has 1 aliphatic rings. The van der Waals surface area contributed by atoms with Crippen LogP contribution in [-0.4, -0.2) is 67.5 Å². The normalized spacial score (nSPS) is 14.3. The van der Waals surface area contributed by atoms with Crippen LogP contribution in [0.5, 0.6) is 5.75 Å². The van der Waals surface area contributed by atoms with E-state index in [9.17, 15) is 0 Å². The summed E-state index contributed by atoms with van der Waals surface area (Å²) >= 11 is 0. The van der Waals surface area contributed by atoms with Gasteiger partial charge in [0, 0.05) is 51.4 Å². The Balaban J connectivity index is 1.28. The van der Waals surface area contributed by atoms with Crippen LogP contribution >= 0.6 is 0 Å². The van der Waals surface area contributed by atoms with Gasteiger partial charge in [0.25, 0.3) is 0 Å². The molecule has 0 aliphatic carbocycles. The van der Waals surface area contributed by atoms with Crippen molar-refractivity contribution in [3.8, 4) is 28.3 Å². The third-order valence-electron chi connectivity index (χ3n) is 6.86. The Labute approximate surface area is 218 Å². The van der Waals surface area contributed by atoms with Crippen molar-refractivity contribution in [2.24, 2.45) is 0 Å². The summed E-state index contributed by atoms with van der Waals surface area (Å²) in [6.45, 7) is 9.68. The molecular weight excluding hydrogens is 464 g/mol. The zero-order valence-electron chi connectivity index (χ0n) is 21.5. The van der Waals surface area contributed by atoms with Gasteiger partial charge in [-0.15, -0.1) is 0 Å². The summed E-state index contributed by atoms with van der Waals surface area (Å²) in [5.74, 6) is 1.54. The Hall–Kier alpha value is -3.23. The maximum Gasteiger partial charge on any atom is 0.227 e. The molecule has 37 heavy (non-hydrogen) atoms. The van der Waals surface area contributed by atoms with Crippen LogP contribution in [0.15, 0.2) is 65.1 Å². The number of oxazole rings is 1. The highest BCUT2D eigenvalue weighted by atomic mass is 16.5. The van der Waals surface area contributed by atoms with Crippen LogP contribution in [0.3, 0.4) is 0 Å². The van der Waals surface area contributed by atoms with Crippen molar-refractivity contribution in [2.75, 3.05) is 52.5 Å². The zero-order valence-corrected chi connectivity index (χ0v) is 21.5. The van der Waals surface area contributed by atoms with Gasteiger partial charge in [-0.1, -0.05) is 30.3 Å². The average molecular weight is 501 g/mol. The summed E-state index contributed by atoms with van der Waals surface area (Å²) in [6, 6.07) is 20.6. The Bertz CT molecular complexity index is 1310. The van der Waals surface area contributed by atoms with Gasteiger partial charge in [-0.25, -0.2) is 4.98 Å². The zero-order chi connectivity index (χ0) is 25.5. The summed E-state index contributed by atoms with van der Waals surface area (Å²) in [6.07, 6.45) is 1.02. The molecule has 0 spiro atoms. The van der Waals surface area contributed by atoms with E-state index in [0.29, 0.717) is 25.6 Å². The third-order valence-corrected chi connectivity index (χ3v) is 6.86. The fraction of sp³-hybridized carbons (Fsp3) is 0.367. The number of aromatic nitrogens is 1. The van der Waals surface area contributed by atoms with Crippen LogP contribution in [0.1, 0.15) is 17.5 Å². The van der Waals surface area contributed by atoms with E-state index in [1.165, 1.54) is 0 Å². The molecule has 7 nitrogen and oxygen atoms in total. The summed E-state index contributed by atoms with van der Waals surface area (Å²) in [4.78, 5) is 7.22. The van der Waals surface area contributed by atoms with Gasteiger partial charge in [-0.05, 0) is 65.9 Å². The van der Waals surface area contributed by atoms with Crippen LogP contribution in [-0.2, 0) is 6.54 Å². The number of fused-ring (bicyclic) bond motifs is 1. The predicted molar refractivity (Wildman–Crippen MR) is 148 cm³/mol. The lowest BCUT2D eigenvalue weighted by Gasteiger charge is -2.27. The van der Waals surface area contributed by atoms with Gasteiger partial charge in [-0.2, -0.15) is 0 Å². The van der Waals surface area contributed by atoms with Gasteiger partial charge in [0.2, 0.25) is 5.89 Å². The summed E-state index contributed by atoms with van der Waals surface area (Å²) in [7, 11) is 0. The minimum absolute atomic E-state index is 0.124. The molecule has 0 bridgehead atoms. The van der Waals surface area contributed by atoms with Crippen molar-refractivity contribution >= 4 is 11.1 Å². The SMILES string of the molecule is Cc1c(OCCCN2CCNCC2)cccc1-c1ccc2nc(-c3cccc(CNCCO)c3)oc2c1. The second-order valence-electron chi connectivity index (χ2n) is 9.52. The fourth-order valence-electron chi connectivity index (χ4n) is 4.83. The number of benzene rings is 3. The molecule has 4 aromatic rings. The molecule has 0 saturated carbocycles. The van der Waals surface area contributed by atoms with Gasteiger partial charge in [-0.3, -0.25) is 0 Å². The first-order valence-corrected chi connectivity index (χ1v) is 13.2. The third kappa shape index (κ3) is 6.37. The van der Waals surface area contributed by atoms with Gasteiger partial charge in [0.05, 0.1) is 13.2 Å². The molecule has 0 atom stereocenters. The van der Waals surface area contributed by atoms with Crippen molar-refractivity contribution < 1.29 is 14.3 Å². The first kappa shape index (κ1) is 25.4. The maximum atomic E-state index is 8.99. The Morgan fingerprint density at radius 2 is 1.92 bits per heavy atom. The molecule has 3 aromatic carbocycles. The molecule has 1 saturated heterocycles. The topological polar surface area (TPSA) is 82.8 Å². The maximum absolute atomic E-state index is 8.99. The van der Waals surface area contributed by atoms with E-state index in [2.05, 4.69) is 64.9 Å². The Morgan fingerprint density at radius 1 is 1.05 bits per heavy atom. The molecule has 5 rings (SSSR count). The number of aliphatic hydroxyl groups excluding tert-OH is 1. The largest absolute Gasteiger partial charge is 0.493 e. The van der Waals surface area contributed by atoms with Gasteiger partial charge in [0.1, 0.15) is 11.3 Å². The highest BCUT2D eigenvalue weighted by molar-refractivity contribution is 5.83. The predicted octanol–water partition coefficient (Wildman–Crippen LogP) is 4.23. The number of nitrogens with zero attached hydrogens (tertiary/aromatic N) is 2. The lowest BCUT2D eigenvalue weighted by atomic mass is 9.99. The highest BCUT2D eigenvalue weighted by Gasteiger charge is 2.13. The molecule has 7 heteroatoms. The van der Waals surface area contributed by atoms with Crippen molar-refractivity contribution in [3.05, 3.63) is 71.8 Å². The minimum Gasteiger partial charge on any atom is -0.493 e. The molecule has 1 aromatic heterocycles. The number of aliphatic hydroxyl groups is 1. The quantitative estimate of drug-likeness (QED) is 0.266. The van der Waals surface area contributed by atoms with Crippen molar-refractivity contribution in [1.82, 2.24) is 20.5 Å². The number of hydrogen-bond acceptors (Lipinski definition) is 7. The van der Waals surface area contributed by atoms with E-state index < -0.39 is 0 Å². The molecule has 3 N–H and O–H groups in total. The lowest BCUT2D eigenvalue weighted by Crippen LogP contribution is -2.43.